The average molecular weight is 280 g/mol. The van der Waals surface area contributed by atoms with Crippen molar-refractivity contribution in [1.29, 1.82) is 0 Å². The summed E-state index contributed by atoms with van der Waals surface area (Å²) < 4.78 is 5.58. The minimum Gasteiger partial charge on any atom is -0.476 e. The normalized spacial score (nSPS) is 11.3. The number of rotatable bonds is 7. The first-order chi connectivity index (χ1) is 9.32. The molecular formula is C14H24N4O2. The molecule has 1 rings (SSSR count). The Morgan fingerprint density at radius 3 is 2.45 bits per heavy atom. The van der Waals surface area contributed by atoms with Gasteiger partial charge >= 0.3 is 0 Å². The lowest BCUT2D eigenvalue weighted by Gasteiger charge is -2.30. The number of hydrogen-bond donors (Lipinski definition) is 2. The molecule has 1 aromatic heterocycles. The molecule has 0 aliphatic rings. The van der Waals surface area contributed by atoms with Gasteiger partial charge in [-0.3, -0.25) is 9.69 Å². The number of anilines is 1. The fourth-order valence-corrected chi connectivity index (χ4v) is 2.12. The van der Waals surface area contributed by atoms with Crippen LogP contribution in [0.15, 0.2) is 12.3 Å². The molecule has 4 N–H and O–H groups in total. The molecule has 112 valence electrons. The maximum Gasteiger partial charge on any atom is 0.254 e. The van der Waals surface area contributed by atoms with E-state index in [2.05, 4.69) is 37.6 Å². The first-order valence-electron chi connectivity index (χ1n) is 6.76. The van der Waals surface area contributed by atoms with Crippen molar-refractivity contribution in [2.45, 2.75) is 39.8 Å². The Morgan fingerprint density at radius 2 is 1.95 bits per heavy atom. The molecule has 0 atom stereocenters. The quantitative estimate of drug-likeness (QED) is 0.784. The molecule has 1 aromatic rings. The molecule has 20 heavy (non-hydrogen) atoms. The number of carbonyl (C=O) groups is 1. The van der Waals surface area contributed by atoms with Gasteiger partial charge < -0.3 is 16.2 Å². The number of nitrogens with zero attached hydrogens (tertiary/aromatic N) is 2. The van der Waals surface area contributed by atoms with Gasteiger partial charge in [-0.05, 0) is 33.8 Å². The van der Waals surface area contributed by atoms with Gasteiger partial charge in [0.15, 0.2) is 0 Å². The van der Waals surface area contributed by atoms with Gasteiger partial charge in [0.1, 0.15) is 12.2 Å². The summed E-state index contributed by atoms with van der Waals surface area (Å²) >= 11 is 0. The van der Waals surface area contributed by atoms with E-state index in [1.807, 2.05) is 0 Å². The molecule has 1 amide bonds. The second-order valence-corrected chi connectivity index (χ2v) is 5.26. The standard InChI is InChI=1S/C14H24N4O2/c1-9(2)18(10(3)4)5-6-20-14-12(13(16)19)7-11(15)8-17-14/h7-10H,5-6,15H2,1-4H3,(H2,16,19). The summed E-state index contributed by atoms with van der Waals surface area (Å²) in [7, 11) is 0. The van der Waals surface area contributed by atoms with E-state index in [0.717, 1.165) is 6.54 Å². The highest BCUT2D eigenvalue weighted by atomic mass is 16.5. The molecule has 0 unspecified atom stereocenters. The number of carbonyl (C=O) groups excluding carboxylic acids is 1. The maximum atomic E-state index is 11.3. The van der Waals surface area contributed by atoms with Crippen molar-refractivity contribution in [3.63, 3.8) is 0 Å². The van der Waals surface area contributed by atoms with Crippen molar-refractivity contribution in [3.05, 3.63) is 17.8 Å². The molecule has 0 spiro atoms. The van der Waals surface area contributed by atoms with Crippen LogP contribution in [0.25, 0.3) is 0 Å². The monoisotopic (exact) mass is 280 g/mol. The molecule has 0 saturated heterocycles. The lowest BCUT2D eigenvalue weighted by molar-refractivity contribution is 0.0991. The Balaban J connectivity index is 2.68. The molecule has 0 fully saturated rings. The van der Waals surface area contributed by atoms with Crippen LogP contribution in [-0.2, 0) is 0 Å². The number of pyridine rings is 1. The minimum atomic E-state index is -0.593. The van der Waals surface area contributed by atoms with Crippen molar-refractivity contribution in [2.75, 3.05) is 18.9 Å². The van der Waals surface area contributed by atoms with Crippen LogP contribution in [0.4, 0.5) is 5.69 Å². The molecule has 0 aliphatic heterocycles. The summed E-state index contributed by atoms with van der Waals surface area (Å²) in [6.07, 6.45) is 1.45. The van der Waals surface area contributed by atoms with Crippen molar-refractivity contribution in [2.24, 2.45) is 5.73 Å². The Morgan fingerprint density at radius 1 is 1.35 bits per heavy atom. The Kier molecular flexibility index (Phi) is 5.76. The number of nitrogens with two attached hydrogens (primary N) is 2. The Bertz CT molecular complexity index is 452. The van der Waals surface area contributed by atoms with Gasteiger partial charge in [-0.1, -0.05) is 0 Å². The molecule has 6 heteroatoms. The zero-order valence-electron chi connectivity index (χ0n) is 12.6. The first kappa shape index (κ1) is 16.2. The summed E-state index contributed by atoms with van der Waals surface area (Å²) in [6.45, 7) is 9.73. The fraction of sp³-hybridized carbons (Fsp3) is 0.571. The SMILES string of the molecule is CC(C)N(CCOc1ncc(N)cc1C(N)=O)C(C)C. The van der Waals surface area contributed by atoms with Crippen LogP contribution in [0.5, 0.6) is 5.88 Å². The van der Waals surface area contributed by atoms with Crippen molar-refractivity contribution < 1.29 is 9.53 Å². The largest absolute Gasteiger partial charge is 0.476 e. The summed E-state index contributed by atoms with van der Waals surface area (Å²) in [4.78, 5) is 17.6. The average Bonchev–Trinajstić information content (AvgIpc) is 2.34. The number of amides is 1. The van der Waals surface area contributed by atoms with Gasteiger partial charge in [-0.2, -0.15) is 0 Å². The van der Waals surface area contributed by atoms with Crippen LogP contribution in [0.3, 0.4) is 0 Å². The molecular weight excluding hydrogens is 256 g/mol. The Labute approximate surface area is 120 Å². The Hall–Kier alpha value is -1.82. The van der Waals surface area contributed by atoms with Crippen LogP contribution in [-0.4, -0.2) is 41.0 Å². The maximum absolute atomic E-state index is 11.3. The second kappa shape index (κ2) is 7.09. The molecule has 6 nitrogen and oxygen atoms in total. The highest BCUT2D eigenvalue weighted by Gasteiger charge is 2.15. The second-order valence-electron chi connectivity index (χ2n) is 5.26. The third-order valence-electron chi connectivity index (χ3n) is 3.05. The minimum absolute atomic E-state index is 0.214. The lowest BCUT2D eigenvalue weighted by Crippen LogP contribution is -2.39. The van der Waals surface area contributed by atoms with E-state index in [1.54, 1.807) is 0 Å². The zero-order valence-corrected chi connectivity index (χ0v) is 12.6. The summed E-state index contributed by atoms with van der Waals surface area (Å²) in [6, 6.07) is 2.33. The lowest BCUT2D eigenvalue weighted by atomic mass is 10.2. The van der Waals surface area contributed by atoms with E-state index in [1.165, 1.54) is 12.3 Å². The van der Waals surface area contributed by atoms with Gasteiger partial charge in [-0.15, -0.1) is 0 Å². The van der Waals surface area contributed by atoms with Crippen molar-refractivity contribution in [1.82, 2.24) is 9.88 Å². The summed E-state index contributed by atoms with van der Waals surface area (Å²) in [5.41, 5.74) is 11.5. The molecule has 0 radical (unpaired) electrons. The third-order valence-corrected chi connectivity index (χ3v) is 3.05. The predicted octanol–water partition coefficient (Wildman–Crippen LogP) is 1.26. The van der Waals surface area contributed by atoms with Crippen molar-refractivity contribution >= 4 is 11.6 Å². The first-order valence-corrected chi connectivity index (χ1v) is 6.76. The van der Waals surface area contributed by atoms with Crippen LogP contribution >= 0.6 is 0 Å². The van der Waals surface area contributed by atoms with Gasteiger partial charge in [0, 0.05) is 18.6 Å². The number of ether oxygens (including phenoxy) is 1. The van der Waals surface area contributed by atoms with E-state index in [4.69, 9.17) is 16.2 Å². The van der Waals surface area contributed by atoms with Crippen LogP contribution in [0.2, 0.25) is 0 Å². The highest BCUT2D eigenvalue weighted by Crippen LogP contribution is 2.17. The molecule has 1 heterocycles. The van der Waals surface area contributed by atoms with Gasteiger partial charge in [0.25, 0.3) is 5.91 Å². The van der Waals surface area contributed by atoms with Gasteiger partial charge in [0.2, 0.25) is 5.88 Å². The van der Waals surface area contributed by atoms with Gasteiger partial charge in [-0.25, -0.2) is 4.98 Å². The zero-order chi connectivity index (χ0) is 15.3. The van der Waals surface area contributed by atoms with E-state index in [9.17, 15) is 4.79 Å². The highest BCUT2D eigenvalue weighted by molar-refractivity contribution is 5.95. The van der Waals surface area contributed by atoms with Gasteiger partial charge in [0.05, 0.1) is 11.9 Å². The number of primary amides is 1. The number of hydrogen-bond acceptors (Lipinski definition) is 5. The topological polar surface area (TPSA) is 94.5 Å². The molecule has 0 bridgehead atoms. The van der Waals surface area contributed by atoms with Crippen LogP contribution in [0.1, 0.15) is 38.1 Å². The number of aromatic nitrogens is 1. The van der Waals surface area contributed by atoms with E-state index >= 15 is 0 Å². The fourth-order valence-electron chi connectivity index (χ4n) is 2.12. The summed E-state index contributed by atoms with van der Waals surface area (Å²) in [5, 5.41) is 0. The van der Waals surface area contributed by atoms with E-state index in [0.29, 0.717) is 24.4 Å². The van der Waals surface area contributed by atoms with Crippen molar-refractivity contribution in [3.8, 4) is 5.88 Å². The smallest absolute Gasteiger partial charge is 0.254 e. The van der Waals surface area contributed by atoms with E-state index in [-0.39, 0.29) is 11.4 Å². The van der Waals surface area contributed by atoms with Crippen LogP contribution in [0, 0.1) is 0 Å². The van der Waals surface area contributed by atoms with E-state index < -0.39 is 5.91 Å². The molecule has 0 saturated carbocycles. The molecule has 0 aliphatic carbocycles. The third kappa shape index (κ3) is 4.38. The molecule has 0 aromatic carbocycles. The number of nitrogen functional groups attached to an aromatic ring is 1. The summed E-state index contributed by atoms with van der Waals surface area (Å²) in [5.74, 6) is -0.358. The van der Waals surface area contributed by atoms with Crippen LogP contribution < -0.4 is 16.2 Å². The predicted molar refractivity (Wildman–Crippen MR) is 79.6 cm³/mol.